The number of nitrogens with zero attached hydrogens (tertiary/aromatic N) is 1. The summed E-state index contributed by atoms with van der Waals surface area (Å²) in [6.45, 7) is 1.81. The molecule has 1 saturated heterocycles. The average molecular weight is 368 g/mol. The first kappa shape index (κ1) is 18.8. The Balaban J connectivity index is 1.49. The van der Waals surface area contributed by atoms with Crippen LogP contribution < -0.4 is 15.0 Å². The molecule has 1 fully saturated rings. The Hall–Kier alpha value is -3.02. The Morgan fingerprint density at radius 2 is 1.70 bits per heavy atom. The Kier molecular flexibility index (Phi) is 6.30. The molecule has 0 aromatic heterocycles. The lowest BCUT2D eigenvalue weighted by molar-refractivity contribution is -0.141. The van der Waals surface area contributed by atoms with Crippen molar-refractivity contribution in [1.29, 1.82) is 0 Å². The molecule has 1 amide bonds. The van der Waals surface area contributed by atoms with Gasteiger partial charge in [0.25, 0.3) is 0 Å². The van der Waals surface area contributed by atoms with E-state index in [9.17, 15) is 9.59 Å². The van der Waals surface area contributed by atoms with Crippen molar-refractivity contribution in [3.8, 4) is 5.75 Å². The number of carbonyl (C=O) groups excluding carboxylic acids is 2. The molecule has 0 bridgehead atoms. The maximum absolute atomic E-state index is 11.9. The summed E-state index contributed by atoms with van der Waals surface area (Å²) >= 11 is 0. The zero-order valence-electron chi connectivity index (χ0n) is 15.4. The summed E-state index contributed by atoms with van der Waals surface area (Å²) in [6, 6.07) is 16.6. The first-order chi connectivity index (χ1) is 13.1. The van der Waals surface area contributed by atoms with Gasteiger partial charge in [0.15, 0.2) is 0 Å². The van der Waals surface area contributed by atoms with Crippen LogP contribution in [0.3, 0.4) is 0 Å². The number of amides is 1. The van der Waals surface area contributed by atoms with Crippen LogP contribution in [0.25, 0.3) is 0 Å². The number of nitrogens with one attached hydrogen (secondary N) is 1. The van der Waals surface area contributed by atoms with Crippen molar-refractivity contribution >= 4 is 23.4 Å². The van der Waals surface area contributed by atoms with Crippen LogP contribution in [0.5, 0.6) is 5.75 Å². The minimum atomic E-state index is -0.516. The van der Waals surface area contributed by atoms with Gasteiger partial charge in [0.2, 0.25) is 0 Å². The maximum Gasteiger partial charge on any atom is 0.417 e. The van der Waals surface area contributed by atoms with Crippen molar-refractivity contribution in [2.75, 3.05) is 30.4 Å². The van der Waals surface area contributed by atoms with E-state index >= 15 is 0 Å². The minimum absolute atomic E-state index is 0.133. The van der Waals surface area contributed by atoms with Crippen LogP contribution in [0.2, 0.25) is 0 Å². The number of hydrogen-bond acceptors (Lipinski definition) is 5. The van der Waals surface area contributed by atoms with Gasteiger partial charge < -0.3 is 14.4 Å². The predicted molar refractivity (Wildman–Crippen MR) is 104 cm³/mol. The molecule has 1 aliphatic rings. The summed E-state index contributed by atoms with van der Waals surface area (Å²) in [6.07, 6.45) is 1.92. The highest BCUT2D eigenvalue weighted by Gasteiger charge is 2.22. The number of hydrogen-bond donors (Lipinski definition) is 1. The monoisotopic (exact) mass is 368 g/mol. The fourth-order valence-corrected chi connectivity index (χ4v) is 3.21. The topological polar surface area (TPSA) is 67.9 Å². The van der Waals surface area contributed by atoms with Gasteiger partial charge in [0.1, 0.15) is 5.75 Å². The van der Waals surface area contributed by atoms with Crippen LogP contribution >= 0.6 is 0 Å². The number of esters is 1. The summed E-state index contributed by atoms with van der Waals surface area (Å²) in [5.74, 6) is 0.759. The van der Waals surface area contributed by atoms with Gasteiger partial charge in [-0.1, -0.05) is 18.2 Å². The number of ether oxygens (including phenoxy) is 2. The molecule has 6 heteroatoms. The number of methoxy groups -OCH3 is 1. The van der Waals surface area contributed by atoms with E-state index in [2.05, 4.69) is 10.2 Å². The quantitative estimate of drug-likeness (QED) is 0.806. The van der Waals surface area contributed by atoms with Crippen molar-refractivity contribution in [3.63, 3.8) is 0 Å². The van der Waals surface area contributed by atoms with Gasteiger partial charge in [0.05, 0.1) is 7.11 Å². The highest BCUT2D eigenvalue weighted by atomic mass is 16.6. The van der Waals surface area contributed by atoms with Crippen LogP contribution in [0.4, 0.5) is 16.2 Å². The largest absolute Gasteiger partial charge is 0.469 e. The second-order valence-corrected chi connectivity index (χ2v) is 6.59. The molecule has 0 radical (unpaired) electrons. The molecule has 142 valence electrons. The molecule has 3 rings (SSSR count). The van der Waals surface area contributed by atoms with Crippen molar-refractivity contribution in [2.24, 2.45) is 5.92 Å². The highest BCUT2D eigenvalue weighted by Crippen LogP contribution is 2.26. The van der Waals surface area contributed by atoms with Crippen LogP contribution in [-0.2, 0) is 9.53 Å². The second kappa shape index (κ2) is 9.07. The summed E-state index contributed by atoms with van der Waals surface area (Å²) in [5, 5.41) is 2.72. The van der Waals surface area contributed by atoms with E-state index in [0.29, 0.717) is 23.8 Å². The van der Waals surface area contributed by atoms with E-state index in [-0.39, 0.29) is 5.97 Å². The van der Waals surface area contributed by atoms with E-state index in [4.69, 9.17) is 9.47 Å². The molecule has 1 N–H and O–H groups in total. The highest BCUT2D eigenvalue weighted by molar-refractivity contribution is 5.86. The number of para-hydroxylation sites is 1. The molecule has 0 unspecified atom stereocenters. The summed E-state index contributed by atoms with van der Waals surface area (Å²) in [7, 11) is 1.43. The number of benzene rings is 2. The van der Waals surface area contributed by atoms with E-state index < -0.39 is 6.09 Å². The van der Waals surface area contributed by atoms with Gasteiger partial charge in [-0.3, -0.25) is 10.1 Å². The lowest BCUT2D eigenvalue weighted by Gasteiger charge is -2.33. The number of rotatable bonds is 5. The van der Waals surface area contributed by atoms with Gasteiger partial charge in [-0.05, 0) is 55.2 Å². The first-order valence-corrected chi connectivity index (χ1v) is 9.10. The zero-order valence-corrected chi connectivity index (χ0v) is 15.4. The molecule has 0 saturated carbocycles. The standard InChI is InChI=1S/C21H24N2O4/c1-26-20(24)15-16-11-13-23(14-12-16)18-9-7-17(8-10-18)22-21(25)27-19-5-3-2-4-6-19/h2-10,16H,11-15H2,1H3,(H,22,25). The fraction of sp³-hybridized carbons (Fsp3) is 0.333. The van der Waals surface area contributed by atoms with Crippen molar-refractivity contribution < 1.29 is 19.1 Å². The third-order valence-corrected chi connectivity index (χ3v) is 4.73. The van der Waals surface area contributed by atoms with Gasteiger partial charge in [-0.2, -0.15) is 0 Å². The Labute approximate surface area is 159 Å². The molecule has 1 aliphatic heterocycles. The van der Waals surface area contributed by atoms with E-state index in [1.54, 1.807) is 12.1 Å². The van der Waals surface area contributed by atoms with Gasteiger partial charge in [-0.15, -0.1) is 0 Å². The van der Waals surface area contributed by atoms with Gasteiger partial charge in [0, 0.05) is 30.9 Å². The molecule has 0 atom stereocenters. The number of piperidine rings is 1. The third-order valence-electron chi connectivity index (χ3n) is 4.73. The van der Waals surface area contributed by atoms with Gasteiger partial charge >= 0.3 is 12.1 Å². The second-order valence-electron chi connectivity index (χ2n) is 6.59. The van der Waals surface area contributed by atoms with Crippen molar-refractivity contribution in [2.45, 2.75) is 19.3 Å². The number of carbonyl (C=O) groups is 2. The van der Waals surface area contributed by atoms with Gasteiger partial charge in [-0.25, -0.2) is 4.79 Å². The maximum atomic E-state index is 11.9. The molecular weight excluding hydrogens is 344 g/mol. The fourth-order valence-electron chi connectivity index (χ4n) is 3.21. The Morgan fingerprint density at radius 1 is 1.04 bits per heavy atom. The van der Waals surface area contributed by atoms with E-state index in [1.165, 1.54) is 7.11 Å². The SMILES string of the molecule is COC(=O)CC1CCN(c2ccc(NC(=O)Oc3ccccc3)cc2)CC1. The summed E-state index contributed by atoms with van der Waals surface area (Å²) in [5.41, 5.74) is 1.79. The van der Waals surface area contributed by atoms with Crippen molar-refractivity contribution in [3.05, 3.63) is 54.6 Å². The van der Waals surface area contributed by atoms with Crippen molar-refractivity contribution in [1.82, 2.24) is 0 Å². The van der Waals surface area contributed by atoms with E-state index in [1.807, 2.05) is 42.5 Å². The summed E-state index contributed by atoms with van der Waals surface area (Å²) in [4.78, 5) is 25.6. The van der Waals surface area contributed by atoms with Crippen LogP contribution in [0.15, 0.2) is 54.6 Å². The average Bonchev–Trinajstić information content (AvgIpc) is 2.70. The third kappa shape index (κ3) is 5.48. The lowest BCUT2D eigenvalue weighted by atomic mass is 9.93. The van der Waals surface area contributed by atoms with Crippen LogP contribution in [-0.4, -0.2) is 32.3 Å². The Bertz CT molecular complexity index is 754. The Morgan fingerprint density at radius 3 is 2.33 bits per heavy atom. The molecule has 2 aromatic rings. The van der Waals surface area contributed by atoms with E-state index in [0.717, 1.165) is 31.6 Å². The number of anilines is 2. The molecule has 2 aromatic carbocycles. The van der Waals surface area contributed by atoms with Crippen LogP contribution in [0, 0.1) is 5.92 Å². The minimum Gasteiger partial charge on any atom is -0.469 e. The predicted octanol–water partition coefficient (Wildman–Crippen LogP) is 4.08. The molecule has 0 aliphatic carbocycles. The molecule has 1 heterocycles. The molecular formula is C21H24N2O4. The summed E-state index contributed by atoms with van der Waals surface area (Å²) < 4.78 is 9.97. The molecule has 6 nitrogen and oxygen atoms in total. The smallest absolute Gasteiger partial charge is 0.417 e. The zero-order chi connectivity index (χ0) is 19.1. The van der Waals surface area contributed by atoms with Crippen LogP contribution in [0.1, 0.15) is 19.3 Å². The lowest BCUT2D eigenvalue weighted by Crippen LogP contribution is -2.34. The molecule has 0 spiro atoms. The normalized spacial score (nSPS) is 14.5. The molecule has 27 heavy (non-hydrogen) atoms. The first-order valence-electron chi connectivity index (χ1n) is 9.10.